The molecule has 0 spiro atoms. The normalized spacial score (nSPS) is 25.2. The summed E-state index contributed by atoms with van der Waals surface area (Å²) in [6.07, 6.45) is 6.38. The largest absolute Gasteiger partial charge is 0.390 e. The highest BCUT2D eigenvalue weighted by atomic mass is 16.3. The fraction of sp³-hybridized carbons (Fsp3) is 0.889. The molecule has 1 fully saturated rings. The highest BCUT2D eigenvalue weighted by Crippen LogP contribution is 2.33. The molecule has 1 heteroatoms. The standard InChI is InChI=1S/C9H17O/c1-8(2)9(10)6-4-3-5-7-9/h3,8,10H,4-7H2,1-2H3. The average Bonchev–Trinajstić information content (AvgIpc) is 1.89. The van der Waals surface area contributed by atoms with Crippen molar-refractivity contribution in [3.63, 3.8) is 0 Å². The molecular formula is C9H17O. The van der Waals surface area contributed by atoms with Crippen LogP contribution in [0.5, 0.6) is 0 Å². The van der Waals surface area contributed by atoms with E-state index in [9.17, 15) is 5.11 Å². The van der Waals surface area contributed by atoms with Gasteiger partial charge in [-0.3, -0.25) is 0 Å². The Balaban J connectivity index is 2.48. The summed E-state index contributed by atoms with van der Waals surface area (Å²) in [4.78, 5) is 0. The summed E-state index contributed by atoms with van der Waals surface area (Å²) in [7, 11) is 0. The van der Waals surface area contributed by atoms with Crippen molar-refractivity contribution in [1.82, 2.24) is 0 Å². The molecule has 59 valence electrons. The minimum absolute atomic E-state index is 0.352. The van der Waals surface area contributed by atoms with Gasteiger partial charge in [-0.05, 0) is 38.0 Å². The molecule has 0 aromatic carbocycles. The van der Waals surface area contributed by atoms with Gasteiger partial charge in [-0.2, -0.15) is 0 Å². The summed E-state index contributed by atoms with van der Waals surface area (Å²) in [6, 6.07) is 0. The lowest BCUT2D eigenvalue weighted by atomic mass is 9.77. The van der Waals surface area contributed by atoms with Crippen LogP contribution in [0.2, 0.25) is 0 Å². The lowest BCUT2D eigenvalue weighted by Gasteiger charge is -2.35. The van der Waals surface area contributed by atoms with Gasteiger partial charge in [-0.15, -0.1) is 0 Å². The van der Waals surface area contributed by atoms with Crippen molar-refractivity contribution in [2.45, 2.75) is 45.1 Å². The van der Waals surface area contributed by atoms with E-state index < -0.39 is 0 Å². The minimum Gasteiger partial charge on any atom is -0.390 e. The summed E-state index contributed by atoms with van der Waals surface area (Å²) < 4.78 is 0. The second-order valence-electron chi connectivity index (χ2n) is 3.62. The first-order valence-electron chi connectivity index (χ1n) is 4.19. The maximum absolute atomic E-state index is 9.93. The zero-order valence-corrected chi connectivity index (χ0v) is 6.93. The second-order valence-corrected chi connectivity index (χ2v) is 3.62. The molecule has 0 heterocycles. The first-order valence-corrected chi connectivity index (χ1v) is 4.19. The molecule has 0 saturated heterocycles. The van der Waals surface area contributed by atoms with Crippen molar-refractivity contribution in [2.24, 2.45) is 5.92 Å². The third-order valence-corrected chi connectivity index (χ3v) is 2.64. The van der Waals surface area contributed by atoms with Crippen LogP contribution in [0.15, 0.2) is 0 Å². The number of rotatable bonds is 1. The molecular weight excluding hydrogens is 124 g/mol. The van der Waals surface area contributed by atoms with Crippen LogP contribution >= 0.6 is 0 Å². The third-order valence-electron chi connectivity index (χ3n) is 2.64. The summed E-state index contributed by atoms with van der Waals surface area (Å²) in [6.45, 7) is 4.20. The first-order chi connectivity index (χ1) is 4.65. The van der Waals surface area contributed by atoms with Crippen LogP contribution in [0.4, 0.5) is 0 Å². The van der Waals surface area contributed by atoms with Crippen molar-refractivity contribution in [3.05, 3.63) is 6.42 Å². The lowest BCUT2D eigenvalue weighted by molar-refractivity contribution is -0.0292. The molecule has 1 N–H and O–H groups in total. The molecule has 1 aliphatic rings. The van der Waals surface area contributed by atoms with E-state index in [2.05, 4.69) is 20.3 Å². The van der Waals surface area contributed by atoms with Gasteiger partial charge in [-0.1, -0.05) is 13.8 Å². The Kier molecular flexibility index (Phi) is 2.35. The topological polar surface area (TPSA) is 20.2 Å². The zero-order chi connectivity index (χ0) is 7.61. The van der Waals surface area contributed by atoms with Crippen LogP contribution in [0.1, 0.15) is 39.5 Å². The van der Waals surface area contributed by atoms with Gasteiger partial charge in [0.15, 0.2) is 0 Å². The van der Waals surface area contributed by atoms with Crippen molar-refractivity contribution < 1.29 is 5.11 Å². The summed E-state index contributed by atoms with van der Waals surface area (Å²) in [5, 5.41) is 9.93. The van der Waals surface area contributed by atoms with E-state index in [1.807, 2.05) is 0 Å². The molecule has 1 rings (SSSR count). The lowest BCUT2D eigenvalue weighted by Crippen LogP contribution is -2.36. The highest BCUT2D eigenvalue weighted by Gasteiger charge is 2.31. The van der Waals surface area contributed by atoms with Gasteiger partial charge >= 0.3 is 0 Å². The maximum atomic E-state index is 9.93. The van der Waals surface area contributed by atoms with E-state index in [4.69, 9.17) is 0 Å². The molecule has 0 atom stereocenters. The molecule has 10 heavy (non-hydrogen) atoms. The first kappa shape index (κ1) is 8.06. The molecule has 1 radical (unpaired) electrons. The maximum Gasteiger partial charge on any atom is 0.0670 e. The number of hydrogen-bond donors (Lipinski definition) is 1. The van der Waals surface area contributed by atoms with Gasteiger partial charge in [0, 0.05) is 0 Å². The van der Waals surface area contributed by atoms with Gasteiger partial charge in [-0.25, -0.2) is 0 Å². The number of hydrogen-bond acceptors (Lipinski definition) is 1. The van der Waals surface area contributed by atoms with E-state index in [0.29, 0.717) is 5.92 Å². The van der Waals surface area contributed by atoms with Crippen LogP contribution in [-0.2, 0) is 0 Å². The molecule has 0 amide bonds. The Bertz CT molecular complexity index is 101. The van der Waals surface area contributed by atoms with Gasteiger partial charge in [0.25, 0.3) is 0 Å². The summed E-state index contributed by atoms with van der Waals surface area (Å²) >= 11 is 0. The highest BCUT2D eigenvalue weighted by molar-refractivity contribution is 4.90. The molecule has 1 nitrogen and oxygen atoms in total. The van der Waals surface area contributed by atoms with Crippen LogP contribution in [0.3, 0.4) is 0 Å². The van der Waals surface area contributed by atoms with Crippen LogP contribution in [0.25, 0.3) is 0 Å². The van der Waals surface area contributed by atoms with Crippen LogP contribution < -0.4 is 0 Å². The zero-order valence-electron chi connectivity index (χ0n) is 6.93. The molecule has 1 aliphatic carbocycles. The molecule has 0 aliphatic heterocycles. The van der Waals surface area contributed by atoms with Crippen LogP contribution in [0, 0.1) is 12.3 Å². The van der Waals surface area contributed by atoms with Gasteiger partial charge in [0.05, 0.1) is 5.60 Å². The summed E-state index contributed by atoms with van der Waals surface area (Å²) in [5.41, 5.74) is -0.352. The van der Waals surface area contributed by atoms with Crippen LogP contribution in [-0.4, -0.2) is 10.7 Å². The fourth-order valence-electron chi connectivity index (χ4n) is 1.55. The Hall–Kier alpha value is -0.0400. The Morgan fingerprint density at radius 3 is 2.10 bits per heavy atom. The van der Waals surface area contributed by atoms with Crippen molar-refractivity contribution in [3.8, 4) is 0 Å². The van der Waals surface area contributed by atoms with E-state index in [1.165, 1.54) is 0 Å². The quantitative estimate of drug-likeness (QED) is 0.593. The van der Waals surface area contributed by atoms with Crippen molar-refractivity contribution in [2.75, 3.05) is 0 Å². The molecule has 0 aromatic heterocycles. The SMILES string of the molecule is CC(C)C1(O)CC[CH]CC1. The number of aliphatic hydroxyl groups is 1. The van der Waals surface area contributed by atoms with E-state index >= 15 is 0 Å². The van der Waals surface area contributed by atoms with Gasteiger partial charge < -0.3 is 5.11 Å². The van der Waals surface area contributed by atoms with Crippen molar-refractivity contribution >= 4 is 0 Å². The Morgan fingerprint density at radius 2 is 1.80 bits per heavy atom. The van der Waals surface area contributed by atoms with Crippen molar-refractivity contribution in [1.29, 1.82) is 0 Å². The molecule has 0 bridgehead atoms. The molecule has 1 saturated carbocycles. The van der Waals surface area contributed by atoms with E-state index in [-0.39, 0.29) is 5.60 Å². The third kappa shape index (κ3) is 1.51. The molecule has 0 aromatic rings. The van der Waals surface area contributed by atoms with E-state index in [1.54, 1.807) is 0 Å². The van der Waals surface area contributed by atoms with Gasteiger partial charge in [0.2, 0.25) is 0 Å². The van der Waals surface area contributed by atoms with Gasteiger partial charge in [0.1, 0.15) is 0 Å². The second kappa shape index (κ2) is 2.91. The predicted molar refractivity (Wildman–Crippen MR) is 42.6 cm³/mol. The monoisotopic (exact) mass is 141 g/mol. The minimum atomic E-state index is -0.352. The average molecular weight is 141 g/mol. The summed E-state index contributed by atoms with van der Waals surface area (Å²) in [5.74, 6) is 0.418. The van der Waals surface area contributed by atoms with E-state index in [0.717, 1.165) is 25.7 Å². The smallest absolute Gasteiger partial charge is 0.0670 e. The Morgan fingerprint density at radius 1 is 1.30 bits per heavy atom. The Labute approximate surface area is 63.4 Å². The molecule has 0 unspecified atom stereocenters. The fourth-order valence-corrected chi connectivity index (χ4v) is 1.55. The predicted octanol–water partition coefficient (Wildman–Crippen LogP) is 2.15.